The summed E-state index contributed by atoms with van der Waals surface area (Å²) in [4.78, 5) is 18.9. The Kier molecular flexibility index (Phi) is 19.4. The molecule has 17 nitrogen and oxygen atoms in total. The van der Waals surface area contributed by atoms with Crippen molar-refractivity contribution in [2.45, 2.75) is 64.4 Å². The second-order valence-corrected chi connectivity index (χ2v) is 17.5. The van der Waals surface area contributed by atoms with Gasteiger partial charge in [0.2, 0.25) is 5.88 Å². The first-order valence-corrected chi connectivity index (χ1v) is 24.1. The predicted octanol–water partition coefficient (Wildman–Crippen LogP) is 6.24. The topological polar surface area (TPSA) is 191 Å². The number of piperidine rings is 1. The number of pyridine rings is 1. The molecule has 3 aromatic heterocycles. The van der Waals surface area contributed by atoms with Gasteiger partial charge < -0.3 is 69.4 Å². The summed E-state index contributed by atoms with van der Waals surface area (Å²) in [6, 6.07) is 18.4. The monoisotopic (exact) mass is 1020 g/mol. The number of allylic oxidation sites excluding steroid dienone is 2. The number of alkyl halides is 4. The fourth-order valence-electron chi connectivity index (χ4n) is 8.23. The summed E-state index contributed by atoms with van der Waals surface area (Å²) in [5.74, 6) is 7.11. The van der Waals surface area contributed by atoms with Crippen LogP contribution in [-0.2, 0) is 25.5 Å². The van der Waals surface area contributed by atoms with E-state index in [1.165, 1.54) is 0 Å². The number of dihydropyridines is 1. The Bertz CT molecular complexity index is 2700. The van der Waals surface area contributed by atoms with Crippen molar-refractivity contribution in [3.05, 3.63) is 113 Å². The number of aliphatic hydroxyl groups is 1. The van der Waals surface area contributed by atoms with Gasteiger partial charge in [0.1, 0.15) is 30.8 Å². The maximum Gasteiger partial charge on any atom is 0.406 e. The van der Waals surface area contributed by atoms with Crippen molar-refractivity contribution in [2.75, 3.05) is 96.7 Å². The van der Waals surface area contributed by atoms with Crippen LogP contribution in [0.2, 0.25) is 0 Å². The average molecular weight is 1020 g/mol. The fourth-order valence-corrected chi connectivity index (χ4v) is 8.23. The molecule has 4 atom stereocenters. The van der Waals surface area contributed by atoms with E-state index >= 15 is 0 Å². The molecule has 21 heteroatoms. The summed E-state index contributed by atoms with van der Waals surface area (Å²) >= 11 is 0. The highest BCUT2D eigenvalue weighted by Crippen LogP contribution is 2.32. The lowest BCUT2D eigenvalue weighted by molar-refractivity contribution is -0.140. The second-order valence-electron chi connectivity index (χ2n) is 17.5. The summed E-state index contributed by atoms with van der Waals surface area (Å²) < 4.78 is 90.4. The van der Waals surface area contributed by atoms with E-state index in [4.69, 9.17) is 28.2 Å². The van der Waals surface area contributed by atoms with E-state index in [9.17, 15) is 27.5 Å². The maximum atomic E-state index is 14.8. The molecule has 2 aliphatic heterocycles. The first kappa shape index (κ1) is 54.0. The van der Waals surface area contributed by atoms with Crippen molar-refractivity contribution in [3.8, 4) is 23.5 Å². The highest BCUT2D eigenvalue weighted by atomic mass is 19.4. The Balaban J connectivity index is 0.713. The lowest BCUT2D eigenvalue weighted by atomic mass is 10.0. The zero-order chi connectivity index (χ0) is 51.7. The van der Waals surface area contributed by atoms with Gasteiger partial charge >= 0.3 is 6.18 Å². The molecule has 1 fully saturated rings. The number of likely N-dealkylation sites (tertiary alicyclic amines) is 1. The number of aliphatic hydroxyl groups excluding tert-OH is 1. The third-order valence-corrected chi connectivity index (χ3v) is 11.9. The van der Waals surface area contributed by atoms with Gasteiger partial charge in [0.15, 0.2) is 12.8 Å². The smallest absolute Gasteiger partial charge is 0.406 e. The van der Waals surface area contributed by atoms with Gasteiger partial charge in [-0.3, -0.25) is 4.79 Å². The van der Waals surface area contributed by atoms with Crippen molar-refractivity contribution in [3.63, 3.8) is 0 Å². The van der Waals surface area contributed by atoms with Gasteiger partial charge in [-0.2, -0.15) is 13.2 Å². The highest BCUT2D eigenvalue weighted by Gasteiger charge is 2.31. The number of aromatic nitrogens is 3. The molecule has 73 heavy (non-hydrogen) atoms. The molecule has 5 heterocycles. The van der Waals surface area contributed by atoms with Gasteiger partial charge in [0.05, 0.1) is 86.6 Å². The van der Waals surface area contributed by atoms with Crippen LogP contribution in [0, 0.1) is 25.7 Å². The molecule has 1 unspecified atom stereocenters. The normalized spacial score (nSPS) is 17.4. The first-order valence-electron chi connectivity index (χ1n) is 24.1. The van der Waals surface area contributed by atoms with Crippen LogP contribution in [0.4, 0.5) is 28.9 Å². The van der Waals surface area contributed by atoms with E-state index in [0.717, 1.165) is 33.6 Å². The van der Waals surface area contributed by atoms with Crippen LogP contribution in [0.1, 0.15) is 47.8 Å². The Hall–Kier alpha value is -6.83. The number of ether oxygens (including phenoxy) is 5. The maximum absolute atomic E-state index is 14.8. The van der Waals surface area contributed by atoms with Crippen LogP contribution in [-0.4, -0.2) is 141 Å². The number of hydrogen-bond donors (Lipinski definition) is 6. The van der Waals surface area contributed by atoms with Gasteiger partial charge in [-0.15, -0.1) is 0 Å². The zero-order valence-electron chi connectivity index (χ0n) is 41.3. The molecule has 0 radical (unpaired) electrons. The number of halogens is 4. The van der Waals surface area contributed by atoms with E-state index < -0.39 is 31.2 Å². The summed E-state index contributed by atoms with van der Waals surface area (Å²) in [5.41, 5.74) is 5.53. The molecule has 7 rings (SSSR count). The van der Waals surface area contributed by atoms with Crippen LogP contribution < -0.4 is 36.1 Å². The Morgan fingerprint density at radius 2 is 1.73 bits per heavy atom. The first-order chi connectivity index (χ1) is 35.2. The minimum absolute atomic E-state index is 0.183. The van der Waals surface area contributed by atoms with Crippen molar-refractivity contribution in [2.24, 2.45) is 0 Å². The SMILES string of the molecule is Cc1noc(C)c1C1=CNC(O)C(N[C@H](C)c2cccc(OCC(=O)NCCOCCOCCOCCOc3ccc(NCC#Cc4cc5c(N[C@@H]6CCN(C)C[C@@H]6F)cccc5n4CC(F)(F)F)cc3)n2)=C1. The number of anilines is 2. The molecule has 0 saturated carbocycles. The number of carbonyl (C=O) groups is 1. The molecule has 2 aromatic carbocycles. The quantitative estimate of drug-likeness (QED) is 0.0219. The number of hydrogen-bond acceptors (Lipinski definition) is 15. The predicted molar refractivity (Wildman–Crippen MR) is 268 cm³/mol. The van der Waals surface area contributed by atoms with Crippen molar-refractivity contribution in [1.29, 1.82) is 0 Å². The molecule has 0 aliphatic carbocycles. The highest BCUT2D eigenvalue weighted by molar-refractivity contribution is 5.94. The van der Waals surface area contributed by atoms with E-state index in [0.29, 0.717) is 98.7 Å². The standard InChI is InChI=1S/C52H63F4N9O8/c1-34(60-46-28-37(30-59-51(46)67)50-35(2)63-73-36(50)3)43-9-6-12-49(62-43)72-32-48(66)58-19-21-68-22-23-69-24-25-70-26-27-71-40-15-13-38(14-16-40)57-18-7-8-39-29-41-44(61-45-17-20-64(4)31-42(45)53)10-5-11-47(41)65(39)33-52(54,55)56/h5-6,9-16,28-30,34,42,45,51,57,59-61,67H,17-27,31-33H2,1-4H3,(H,58,66)/t34-,42+,45-,51?/m1/s1. The summed E-state index contributed by atoms with van der Waals surface area (Å²) in [6.45, 7) is 8.03. The molecule has 6 N–H and O–H groups in total. The molecule has 5 aromatic rings. The molecule has 0 spiro atoms. The van der Waals surface area contributed by atoms with Crippen molar-refractivity contribution < 1.29 is 55.7 Å². The Morgan fingerprint density at radius 1 is 0.986 bits per heavy atom. The van der Waals surface area contributed by atoms with Gasteiger partial charge in [-0.25, -0.2) is 9.37 Å². The molecule has 392 valence electrons. The Morgan fingerprint density at radius 3 is 2.45 bits per heavy atom. The lowest BCUT2D eigenvalue weighted by Crippen LogP contribution is -2.46. The third-order valence-electron chi connectivity index (χ3n) is 11.9. The number of rotatable bonds is 25. The van der Waals surface area contributed by atoms with Crippen molar-refractivity contribution >= 4 is 33.8 Å². The molecular formula is C52H63F4N9O8. The Labute approximate surface area is 421 Å². The fraction of sp³-hybridized carbons (Fsp3) is 0.442. The number of amides is 1. The summed E-state index contributed by atoms with van der Waals surface area (Å²) in [6.07, 6.45) is -2.38. The second kappa shape index (κ2) is 26.2. The molecule has 2 aliphatic rings. The summed E-state index contributed by atoms with van der Waals surface area (Å²) in [7, 11) is 1.86. The van der Waals surface area contributed by atoms with Gasteiger partial charge in [-0.1, -0.05) is 23.2 Å². The van der Waals surface area contributed by atoms with Crippen LogP contribution >= 0.6 is 0 Å². The number of benzene rings is 2. The molecule has 1 amide bonds. The van der Waals surface area contributed by atoms with E-state index in [1.54, 1.807) is 54.7 Å². The van der Waals surface area contributed by atoms with Crippen LogP contribution in [0.15, 0.2) is 89.2 Å². The molecular weight excluding hydrogens is 955 g/mol. The van der Waals surface area contributed by atoms with Crippen molar-refractivity contribution in [1.82, 2.24) is 35.6 Å². The van der Waals surface area contributed by atoms with Gasteiger partial charge in [0, 0.05) is 59.8 Å². The zero-order valence-corrected chi connectivity index (χ0v) is 41.3. The number of aryl methyl sites for hydroxylation is 2. The van der Waals surface area contributed by atoms with Crippen LogP contribution in [0.3, 0.4) is 0 Å². The third kappa shape index (κ3) is 16.1. The minimum Gasteiger partial charge on any atom is -0.491 e. The summed E-state index contributed by atoms with van der Waals surface area (Å²) in [5, 5.41) is 30.5. The van der Waals surface area contributed by atoms with Gasteiger partial charge in [0.25, 0.3) is 5.91 Å². The van der Waals surface area contributed by atoms with Crippen LogP contribution in [0.25, 0.3) is 16.5 Å². The number of carbonyl (C=O) groups excluding carboxylic acids is 1. The van der Waals surface area contributed by atoms with E-state index in [1.807, 2.05) is 57.0 Å². The van der Waals surface area contributed by atoms with Gasteiger partial charge in [-0.05, 0) is 94.8 Å². The molecule has 1 saturated heterocycles. The average Bonchev–Trinajstić information content (AvgIpc) is 3.89. The number of fused-ring (bicyclic) bond motifs is 1. The lowest BCUT2D eigenvalue weighted by Gasteiger charge is -2.33. The number of nitrogens with one attached hydrogen (secondary N) is 5. The van der Waals surface area contributed by atoms with E-state index in [2.05, 4.69) is 48.6 Å². The number of nitrogens with zero attached hydrogens (tertiary/aromatic N) is 4. The largest absolute Gasteiger partial charge is 0.491 e. The van der Waals surface area contributed by atoms with E-state index in [-0.39, 0.29) is 43.2 Å². The minimum atomic E-state index is -4.47. The molecule has 0 bridgehead atoms. The van der Waals surface area contributed by atoms with Crippen LogP contribution in [0.5, 0.6) is 11.6 Å².